The molecular weight excluding hydrogens is 442 g/mol. The van der Waals surface area contributed by atoms with Gasteiger partial charge < -0.3 is 14.5 Å². The Kier molecular flexibility index (Phi) is 5.90. The lowest BCUT2D eigenvalue weighted by atomic mass is 9.94. The highest BCUT2D eigenvalue weighted by atomic mass is 32.1. The van der Waals surface area contributed by atoms with Crippen molar-refractivity contribution in [2.75, 3.05) is 14.2 Å². The van der Waals surface area contributed by atoms with Crippen LogP contribution in [0.25, 0.3) is 32.5 Å². The second-order valence-corrected chi connectivity index (χ2v) is 8.58. The number of hydrogen-bond acceptors (Lipinski definition) is 4. The molecule has 34 heavy (non-hydrogen) atoms. The zero-order chi connectivity index (χ0) is 23.5. The van der Waals surface area contributed by atoms with Crippen LogP contribution in [-0.2, 0) is 0 Å². The van der Waals surface area contributed by atoms with Crippen LogP contribution in [0.2, 0.25) is 0 Å². The third-order valence-corrected chi connectivity index (χ3v) is 6.45. The molecule has 0 spiro atoms. The van der Waals surface area contributed by atoms with Gasteiger partial charge in [0.1, 0.15) is 0 Å². The van der Waals surface area contributed by atoms with Crippen molar-refractivity contribution in [1.29, 1.82) is 0 Å². The molecule has 0 atom stereocenters. The van der Waals surface area contributed by atoms with Crippen molar-refractivity contribution >= 4 is 22.2 Å². The molecule has 3 aromatic carbocycles. The van der Waals surface area contributed by atoms with E-state index in [1.165, 1.54) is 11.3 Å². The van der Waals surface area contributed by atoms with Crippen LogP contribution in [0.1, 0.15) is 11.1 Å². The first-order valence-corrected chi connectivity index (χ1v) is 11.6. The first kappa shape index (κ1) is 21.6. The van der Waals surface area contributed by atoms with Crippen LogP contribution in [0.3, 0.4) is 0 Å². The molecule has 0 amide bonds. The van der Waals surface area contributed by atoms with Crippen molar-refractivity contribution < 1.29 is 9.47 Å². The van der Waals surface area contributed by atoms with E-state index in [1.807, 2.05) is 78.2 Å². The molecule has 1 N–H and O–H groups in total. The fraction of sp³-hybridized carbons (Fsp3) is 0.0690. The van der Waals surface area contributed by atoms with E-state index in [2.05, 4.69) is 16.8 Å². The predicted octanol–water partition coefficient (Wildman–Crippen LogP) is 6.34. The molecule has 0 fully saturated rings. The second kappa shape index (κ2) is 9.30. The predicted molar refractivity (Wildman–Crippen MR) is 139 cm³/mol. The maximum Gasteiger partial charge on any atom is 0.257 e. The zero-order valence-corrected chi connectivity index (χ0v) is 19.5. The molecule has 5 rings (SSSR count). The highest BCUT2D eigenvalue weighted by Gasteiger charge is 2.19. The number of fused-ring (bicyclic) bond motifs is 1. The summed E-state index contributed by atoms with van der Waals surface area (Å²) in [5.41, 5.74) is 4.72. The van der Waals surface area contributed by atoms with E-state index in [-0.39, 0.29) is 5.56 Å². The molecule has 0 aliphatic rings. The van der Waals surface area contributed by atoms with Crippen LogP contribution in [0.15, 0.2) is 89.0 Å². The van der Waals surface area contributed by atoms with Crippen LogP contribution in [0.4, 0.5) is 0 Å². The van der Waals surface area contributed by atoms with E-state index < -0.39 is 0 Å². The van der Waals surface area contributed by atoms with E-state index in [1.54, 1.807) is 20.3 Å². The number of ether oxygens (including phenoxy) is 2. The highest BCUT2D eigenvalue weighted by molar-refractivity contribution is 7.13. The minimum Gasteiger partial charge on any atom is -0.493 e. The third kappa shape index (κ3) is 4.07. The standard InChI is InChI=1S/C29H21NO3S/c1-32-24-17-22-23(18-25(24)33-2)30-29(31)28(26-12-7-15-34-26)27(22)21-11-6-10-20(16-21)14-13-19-8-4-3-5-9-19/h3-12,15-18H,1-2H3,(H,30,31). The molecule has 0 aliphatic heterocycles. The topological polar surface area (TPSA) is 51.3 Å². The number of aromatic amines is 1. The summed E-state index contributed by atoms with van der Waals surface area (Å²) in [5, 5.41) is 2.84. The summed E-state index contributed by atoms with van der Waals surface area (Å²) < 4.78 is 11.0. The fourth-order valence-corrected chi connectivity index (χ4v) is 4.77. The first-order chi connectivity index (χ1) is 16.7. The quantitative estimate of drug-likeness (QED) is 0.316. The van der Waals surface area contributed by atoms with Crippen LogP contribution < -0.4 is 15.0 Å². The Labute approximate surface area is 201 Å². The lowest BCUT2D eigenvalue weighted by molar-refractivity contribution is 0.356. The Morgan fingerprint density at radius 3 is 2.24 bits per heavy atom. The van der Waals surface area contributed by atoms with Gasteiger partial charge in [0.25, 0.3) is 5.56 Å². The van der Waals surface area contributed by atoms with Gasteiger partial charge in [-0.3, -0.25) is 4.79 Å². The Balaban J connectivity index is 1.78. The van der Waals surface area contributed by atoms with Crippen LogP contribution in [-0.4, -0.2) is 19.2 Å². The molecule has 0 saturated carbocycles. The number of aromatic nitrogens is 1. The highest BCUT2D eigenvalue weighted by Crippen LogP contribution is 2.40. The molecule has 0 bridgehead atoms. The monoisotopic (exact) mass is 463 g/mol. The van der Waals surface area contributed by atoms with E-state index in [9.17, 15) is 4.79 Å². The minimum atomic E-state index is -0.155. The summed E-state index contributed by atoms with van der Waals surface area (Å²) in [6.07, 6.45) is 0. The molecular formula is C29H21NO3S. The molecule has 5 heteroatoms. The fourth-order valence-electron chi connectivity index (χ4n) is 4.00. The number of rotatable bonds is 4. The maximum atomic E-state index is 13.3. The van der Waals surface area contributed by atoms with E-state index in [0.717, 1.165) is 32.5 Å². The van der Waals surface area contributed by atoms with Gasteiger partial charge in [0, 0.05) is 33.0 Å². The Morgan fingerprint density at radius 2 is 1.50 bits per heavy atom. The lowest BCUT2D eigenvalue weighted by Crippen LogP contribution is -2.11. The number of methoxy groups -OCH3 is 2. The summed E-state index contributed by atoms with van der Waals surface area (Å²) >= 11 is 1.53. The number of H-pyrrole nitrogens is 1. The van der Waals surface area contributed by atoms with Crippen molar-refractivity contribution in [3.8, 4) is 44.9 Å². The Morgan fingerprint density at radius 1 is 0.765 bits per heavy atom. The summed E-state index contributed by atoms with van der Waals surface area (Å²) in [6, 6.07) is 25.5. The van der Waals surface area contributed by atoms with Gasteiger partial charge in [-0.1, -0.05) is 48.2 Å². The number of hydrogen-bond donors (Lipinski definition) is 1. The maximum absolute atomic E-state index is 13.3. The van der Waals surface area contributed by atoms with Crippen molar-refractivity contribution in [3.05, 3.63) is 106 Å². The lowest BCUT2D eigenvalue weighted by Gasteiger charge is -2.15. The summed E-state index contributed by atoms with van der Waals surface area (Å²) in [7, 11) is 3.19. The number of pyridine rings is 1. The molecule has 2 heterocycles. The van der Waals surface area contributed by atoms with Gasteiger partial charge in [-0.25, -0.2) is 0 Å². The zero-order valence-electron chi connectivity index (χ0n) is 18.7. The van der Waals surface area contributed by atoms with Crippen molar-refractivity contribution in [1.82, 2.24) is 4.98 Å². The van der Waals surface area contributed by atoms with E-state index >= 15 is 0 Å². The van der Waals surface area contributed by atoms with Gasteiger partial charge in [-0.05, 0) is 47.3 Å². The first-order valence-electron chi connectivity index (χ1n) is 10.7. The molecule has 2 aromatic heterocycles. The minimum absolute atomic E-state index is 0.155. The summed E-state index contributed by atoms with van der Waals surface area (Å²) in [6.45, 7) is 0. The largest absolute Gasteiger partial charge is 0.493 e. The van der Waals surface area contributed by atoms with Crippen LogP contribution in [0.5, 0.6) is 11.5 Å². The average molecular weight is 464 g/mol. The molecule has 0 unspecified atom stereocenters. The van der Waals surface area contributed by atoms with Crippen molar-refractivity contribution in [2.24, 2.45) is 0 Å². The molecule has 0 saturated heterocycles. The van der Waals surface area contributed by atoms with Crippen LogP contribution >= 0.6 is 11.3 Å². The molecule has 166 valence electrons. The molecule has 0 aliphatic carbocycles. The summed E-state index contributed by atoms with van der Waals surface area (Å²) in [5.74, 6) is 7.62. The van der Waals surface area contributed by atoms with E-state index in [0.29, 0.717) is 22.6 Å². The normalized spacial score (nSPS) is 10.5. The molecule has 5 aromatic rings. The van der Waals surface area contributed by atoms with Crippen LogP contribution in [0, 0.1) is 11.8 Å². The van der Waals surface area contributed by atoms with E-state index in [4.69, 9.17) is 9.47 Å². The van der Waals surface area contributed by atoms with Gasteiger partial charge in [0.15, 0.2) is 11.5 Å². The van der Waals surface area contributed by atoms with Gasteiger partial charge in [-0.15, -0.1) is 11.3 Å². The average Bonchev–Trinajstić information content (AvgIpc) is 3.41. The molecule has 0 radical (unpaired) electrons. The third-order valence-electron chi connectivity index (χ3n) is 5.56. The number of benzene rings is 3. The summed E-state index contributed by atoms with van der Waals surface area (Å²) in [4.78, 5) is 17.3. The van der Waals surface area contributed by atoms with Crippen molar-refractivity contribution in [2.45, 2.75) is 0 Å². The van der Waals surface area contributed by atoms with Gasteiger partial charge >= 0.3 is 0 Å². The number of nitrogens with one attached hydrogen (secondary N) is 1. The smallest absolute Gasteiger partial charge is 0.257 e. The Bertz CT molecular complexity index is 1590. The number of thiophene rings is 1. The second-order valence-electron chi connectivity index (χ2n) is 7.63. The Hall–Kier alpha value is -4.27. The van der Waals surface area contributed by atoms with Crippen molar-refractivity contribution in [3.63, 3.8) is 0 Å². The van der Waals surface area contributed by atoms with Gasteiger partial charge in [0.2, 0.25) is 0 Å². The van der Waals surface area contributed by atoms with Gasteiger partial charge in [0.05, 0.1) is 25.3 Å². The SMILES string of the molecule is COc1cc2[nH]c(=O)c(-c3cccs3)c(-c3cccc(C#Cc4ccccc4)c3)c2cc1OC. The molecule has 4 nitrogen and oxygen atoms in total. The van der Waals surface area contributed by atoms with Gasteiger partial charge in [-0.2, -0.15) is 0 Å².